The van der Waals surface area contributed by atoms with Crippen LogP contribution in [0.25, 0.3) is 0 Å². The van der Waals surface area contributed by atoms with Gasteiger partial charge in [-0.1, -0.05) is 13.0 Å². The zero-order valence-electron chi connectivity index (χ0n) is 8.86. The molecule has 1 unspecified atom stereocenters. The van der Waals surface area contributed by atoms with Crippen molar-refractivity contribution in [3.8, 4) is 0 Å². The van der Waals surface area contributed by atoms with Crippen LogP contribution in [0, 0.1) is 0 Å². The largest absolute Gasteiger partial charge is 0.341 e. The average Bonchev–Trinajstić information content (AvgIpc) is 2.29. The van der Waals surface area contributed by atoms with Crippen LogP contribution in [0.4, 0.5) is 0 Å². The highest BCUT2D eigenvalue weighted by atomic mass is 16.2. The molecule has 1 aromatic rings. The van der Waals surface area contributed by atoms with E-state index in [1.807, 2.05) is 0 Å². The predicted molar refractivity (Wildman–Crippen MR) is 56.5 cm³/mol. The number of nitrogens with zero attached hydrogens (tertiary/aromatic N) is 1. The molecule has 0 aliphatic heterocycles. The standard InChI is InChI=1S/C11H14N2O2/c1-3-10(14)8(2)13-11(15)9-6-4-5-7-12-9/h4-8H,3H2,1-2H3,(H,13,15). The first-order chi connectivity index (χ1) is 7.15. The first-order valence-corrected chi connectivity index (χ1v) is 4.89. The highest BCUT2D eigenvalue weighted by Crippen LogP contribution is 1.96. The molecule has 4 heteroatoms. The van der Waals surface area contributed by atoms with Crippen molar-refractivity contribution in [2.75, 3.05) is 0 Å². The normalized spacial score (nSPS) is 11.9. The Labute approximate surface area is 88.7 Å². The summed E-state index contributed by atoms with van der Waals surface area (Å²) in [5, 5.41) is 2.60. The lowest BCUT2D eigenvalue weighted by Crippen LogP contribution is -2.38. The highest BCUT2D eigenvalue weighted by molar-refractivity contribution is 5.96. The minimum Gasteiger partial charge on any atom is -0.341 e. The zero-order chi connectivity index (χ0) is 11.3. The Balaban J connectivity index is 2.61. The molecule has 1 atom stereocenters. The van der Waals surface area contributed by atoms with Gasteiger partial charge >= 0.3 is 0 Å². The lowest BCUT2D eigenvalue weighted by molar-refractivity contribution is -0.120. The molecule has 0 bridgehead atoms. The fourth-order valence-corrected chi connectivity index (χ4v) is 1.15. The number of hydrogen-bond acceptors (Lipinski definition) is 3. The molecule has 0 aliphatic carbocycles. The topological polar surface area (TPSA) is 59.1 Å². The van der Waals surface area contributed by atoms with E-state index in [0.717, 1.165) is 0 Å². The molecule has 0 saturated heterocycles. The summed E-state index contributed by atoms with van der Waals surface area (Å²) in [6.07, 6.45) is 1.96. The van der Waals surface area contributed by atoms with Crippen molar-refractivity contribution in [3.05, 3.63) is 30.1 Å². The molecule has 15 heavy (non-hydrogen) atoms. The number of amides is 1. The van der Waals surface area contributed by atoms with Crippen LogP contribution in [0.5, 0.6) is 0 Å². The van der Waals surface area contributed by atoms with E-state index < -0.39 is 6.04 Å². The summed E-state index contributed by atoms with van der Waals surface area (Å²) in [6.45, 7) is 3.44. The molecule has 1 amide bonds. The molecule has 1 aromatic heterocycles. The van der Waals surface area contributed by atoms with Gasteiger partial charge in [0, 0.05) is 12.6 Å². The number of Topliss-reactive ketones (excluding diaryl/α,β-unsaturated/α-hetero) is 1. The predicted octanol–water partition coefficient (Wildman–Crippen LogP) is 1.18. The SMILES string of the molecule is CCC(=O)C(C)NC(=O)c1ccccn1. The van der Waals surface area contributed by atoms with Crippen molar-refractivity contribution < 1.29 is 9.59 Å². The minimum atomic E-state index is -0.454. The van der Waals surface area contributed by atoms with E-state index in [4.69, 9.17) is 0 Å². The zero-order valence-corrected chi connectivity index (χ0v) is 8.86. The first kappa shape index (κ1) is 11.4. The van der Waals surface area contributed by atoms with Crippen LogP contribution >= 0.6 is 0 Å². The number of rotatable bonds is 4. The number of pyridine rings is 1. The molecule has 4 nitrogen and oxygen atoms in total. The van der Waals surface area contributed by atoms with Crippen molar-refractivity contribution in [1.29, 1.82) is 0 Å². The van der Waals surface area contributed by atoms with Crippen LogP contribution in [0.2, 0.25) is 0 Å². The van der Waals surface area contributed by atoms with Crippen molar-refractivity contribution in [2.24, 2.45) is 0 Å². The van der Waals surface area contributed by atoms with E-state index in [1.54, 1.807) is 38.2 Å². The third-order valence-electron chi connectivity index (χ3n) is 2.08. The maximum atomic E-state index is 11.5. The van der Waals surface area contributed by atoms with E-state index in [-0.39, 0.29) is 11.7 Å². The van der Waals surface area contributed by atoms with E-state index >= 15 is 0 Å². The molecule has 0 aromatic carbocycles. The molecule has 1 N–H and O–H groups in total. The van der Waals surface area contributed by atoms with Gasteiger partial charge in [0.1, 0.15) is 5.69 Å². The summed E-state index contributed by atoms with van der Waals surface area (Å²) >= 11 is 0. The quantitative estimate of drug-likeness (QED) is 0.804. The number of hydrogen-bond donors (Lipinski definition) is 1. The summed E-state index contributed by atoms with van der Waals surface area (Å²) in [5.41, 5.74) is 0.327. The van der Waals surface area contributed by atoms with Crippen LogP contribution in [0.1, 0.15) is 30.8 Å². The second-order valence-electron chi connectivity index (χ2n) is 3.23. The monoisotopic (exact) mass is 206 g/mol. The van der Waals surface area contributed by atoms with Crippen LogP contribution in [-0.2, 0) is 4.79 Å². The van der Waals surface area contributed by atoms with E-state index in [0.29, 0.717) is 12.1 Å². The maximum absolute atomic E-state index is 11.5. The van der Waals surface area contributed by atoms with Crippen LogP contribution in [0.15, 0.2) is 24.4 Å². The Morgan fingerprint density at radius 1 is 1.47 bits per heavy atom. The van der Waals surface area contributed by atoms with Gasteiger partial charge in [-0.15, -0.1) is 0 Å². The number of aromatic nitrogens is 1. The fraction of sp³-hybridized carbons (Fsp3) is 0.364. The summed E-state index contributed by atoms with van der Waals surface area (Å²) in [4.78, 5) is 26.7. The third-order valence-corrected chi connectivity index (χ3v) is 2.08. The van der Waals surface area contributed by atoms with E-state index in [2.05, 4.69) is 10.3 Å². The van der Waals surface area contributed by atoms with Crippen molar-refractivity contribution in [2.45, 2.75) is 26.3 Å². The average molecular weight is 206 g/mol. The summed E-state index contributed by atoms with van der Waals surface area (Å²) in [5.74, 6) is -0.302. The smallest absolute Gasteiger partial charge is 0.270 e. The number of ketones is 1. The Hall–Kier alpha value is -1.71. The van der Waals surface area contributed by atoms with Gasteiger partial charge in [-0.2, -0.15) is 0 Å². The number of nitrogens with one attached hydrogen (secondary N) is 1. The van der Waals surface area contributed by atoms with Gasteiger partial charge in [-0.3, -0.25) is 14.6 Å². The van der Waals surface area contributed by atoms with Gasteiger partial charge in [-0.05, 0) is 19.1 Å². The maximum Gasteiger partial charge on any atom is 0.270 e. The fourth-order valence-electron chi connectivity index (χ4n) is 1.15. The molecule has 0 aliphatic rings. The number of carbonyl (C=O) groups is 2. The molecule has 1 heterocycles. The minimum absolute atomic E-state index is 0.0132. The molecular weight excluding hydrogens is 192 g/mol. The van der Waals surface area contributed by atoms with Gasteiger partial charge in [-0.25, -0.2) is 0 Å². The molecule has 0 spiro atoms. The summed E-state index contributed by atoms with van der Waals surface area (Å²) in [7, 11) is 0. The molecular formula is C11H14N2O2. The molecule has 80 valence electrons. The van der Waals surface area contributed by atoms with E-state index in [1.165, 1.54) is 0 Å². The highest BCUT2D eigenvalue weighted by Gasteiger charge is 2.14. The van der Waals surface area contributed by atoms with Gasteiger partial charge in [0.05, 0.1) is 6.04 Å². The summed E-state index contributed by atoms with van der Waals surface area (Å²) in [6, 6.07) is 4.62. The van der Waals surface area contributed by atoms with Gasteiger partial charge in [0.15, 0.2) is 5.78 Å². The van der Waals surface area contributed by atoms with Crippen LogP contribution < -0.4 is 5.32 Å². The lowest BCUT2D eigenvalue weighted by atomic mass is 10.1. The van der Waals surface area contributed by atoms with Gasteiger partial charge in [0.25, 0.3) is 5.91 Å². The molecule has 0 fully saturated rings. The van der Waals surface area contributed by atoms with Crippen molar-refractivity contribution >= 4 is 11.7 Å². The van der Waals surface area contributed by atoms with Crippen molar-refractivity contribution in [1.82, 2.24) is 10.3 Å². The Bertz CT molecular complexity index is 349. The van der Waals surface area contributed by atoms with Crippen LogP contribution in [0.3, 0.4) is 0 Å². The Morgan fingerprint density at radius 2 is 2.20 bits per heavy atom. The molecule has 0 saturated carbocycles. The Morgan fingerprint density at radius 3 is 2.73 bits per heavy atom. The summed E-state index contributed by atoms with van der Waals surface area (Å²) < 4.78 is 0. The second kappa shape index (κ2) is 5.24. The van der Waals surface area contributed by atoms with Crippen LogP contribution in [-0.4, -0.2) is 22.7 Å². The Kier molecular flexibility index (Phi) is 3.97. The van der Waals surface area contributed by atoms with E-state index in [9.17, 15) is 9.59 Å². The molecule has 1 rings (SSSR count). The van der Waals surface area contributed by atoms with Crippen molar-refractivity contribution in [3.63, 3.8) is 0 Å². The first-order valence-electron chi connectivity index (χ1n) is 4.89. The third kappa shape index (κ3) is 3.16. The van der Waals surface area contributed by atoms with Gasteiger partial charge in [0.2, 0.25) is 0 Å². The second-order valence-corrected chi connectivity index (χ2v) is 3.23. The molecule has 0 radical (unpaired) electrons. The lowest BCUT2D eigenvalue weighted by Gasteiger charge is -2.10. The number of carbonyl (C=O) groups excluding carboxylic acids is 2. The van der Waals surface area contributed by atoms with Gasteiger partial charge < -0.3 is 5.32 Å².